The third kappa shape index (κ3) is 1.42. The van der Waals surface area contributed by atoms with Crippen molar-refractivity contribution in [2.45, 2.75) is 0 Å². The van der Waals surface area contributed by atoms with Crippen LogP contribution in [-0.4, -0.2) is 17.7 Å². The highest BCUT2D eigenvalue weighted by Gasteiger charge is 2.20. The zero-order valence-corrected chi connectivity index (χ0v) is 8.86. The Bertz CT molecular complexity index is 415. The first-order valence-corrected chi connectivity index (χ1v) is 4.95. The Kier molecular flexibility index (Phi) is 2.29. The van der Waals surface area contributed by atoms with Crippen molar-refractivity contribution in [3.63, 3.8) is 0 Å². The van der Waals surface area contributed by atoms with E-state index in [1.165, 1.54) is 4.90 Å². The lowest BCUT2D eigenvalue weighted by Gasteiger charge is -2.24. The maximum absolute atomic E-state index is 10.9. The van der Waals surface area contributed by atoms with Gasteiger partial charge >= 0.3 is 6.09 Å². The van der Waals surface area contributed by atoms with Crippen LogP contribution in [0, 0.1) is 0 Å². The van der Waals surface area contributed by atoms with Gasteiger partial charge in [-0.05, 0) is 27.6 Å². The summed E-state index contributed by atoms with van der Waals surface area (Å²) in [4.78, 5) is 12.3. The van der Waals surface area contributed by atoms with E-state index in [1.807, 2.05) is 30.4 Å². The van der Waals surface area contributed by atoms with Gasteiger partial charge in [0.15, 0.2) is 0 Å². The van der Waals surface area contributed by atoms with E-state index in [9.17, 15) is 4.79 Å². The molecule has 0 atom stereocenters. The average Bonchev–Trinajstić information content (AvgIpc) is 2.17. The number of amides is 1. The smallest absolute Gasteiger partial charge is 0.412 e. The summed E-state index contributed by atoms with van der Waals surface area (Å²) < 4.78 is 0.807. The minimum absolute atomic E-state index is 0.408. The molecule has 1 aliphatic rings. The van der Waals surface area contributed by atoms with Crippen LogP contribution in [0.3, 0.4) is 0 Å². The fraction of sp³-hybridized carbons (Fsp3) is 0.100. The van der Waals surface area contributed by atoms with Crippen molar-refractivity contribution in [3.05, 3.63) is 34.3 Å². The summed E-state index contributed by atoms with van der Waals surface area (Å²) in [6.07, 6.45) is 2.84. The van der Waals surface area contributed by atoms with Crippen molar-refractivity contribution in [2.24, 2.45) is 0 Å². The first-order valence-electron chi connectivity index (χ1n) is 4.15. The predicted molar refractivity (Wildman–Crippen MR) is 58.5 cm³/mol. The Labute approximate surface area is 89.8 Å². The Hall–Kier alpha value is -1.29. The molecular weight excluding hydrogens is 246 g/mol. The minimum atomic E-state index is -0.928. The number of para-hydroxylation sites is 1. The van der Waals surface area contributed by atoms with Crippen molar-refractivity contribution < 1.29 is 9.90 Å². The molecule has 0 aromatic heterocycles. The van der Waals surface area contributed by atoms with E-state index in [0.29, 0.717) is 6.54 Å². The highest BCUT2D eigenvalue weighted by Crippen LogP contribution is 2.33. The molecule has 0 unspecified atom stereocenters. The zero-order chi connectivity index (χ0) is 10.1. The highest BCUT2D eigenvalue weighted by molar-refractivity contribution is 9.10. The van der Waals surface area contributed by atoms with Crippen LogP contribution in [-0.2, 0) is 0 Å². The van der Waals surface area contributed by atoms with Crippen molar-refractivity contribution in [3.8, 4) is 0 Å². The molecule has 4 heteroatoms. The third-order valence-electron chi connectivity index (χ3n) is 2.10. The number of fused-ring (bicyclic) bond motifs is 1. The number of hydrogen-bond acceptors (Lipinski definition) is 1. The predicted octanol–water partition coefficient (Wildman–Crippen LogP) is 2.96. The lowest BCUT2D eigenvalue weighted by atomic mass is 10.1. The van der Waals surface area contributed by atoms with Crippen molar-refractivity contribution >= 4 is 33.8 Å². The molecule has 0 radical (unpaired) electrons. The van der Waals surface area contributed by atoms with Gasteiger partial charge < -0.3 is 5.11 Å². The summed E-state index contributed by atoms with van der Waals surface area (Å²) in [5.74, 6) is 0. The van der Waals surface area contributed by atoms with Crippen LogP contribution in [0.25, 0.3) is 6.08 Å². The lowest BCUT2D eigenvalue weighted by Crippen LogP contribution is -2.31. The van der Waals surface area contributed by atoms with Crippen molar-refractivity contribution in [1.29, 1.82) is 0 Å². The molecule has 0 bridgehead atoms. The van der Waals surface area contributed by atoms with Gasteiger partial charge in [0, 0.05) is 11.0 Å². The molecule has 1 aromatic rings. The first-order chi connectivity index (χ1) is 6.70. The third-order valence-corrected chi connectivity index (χ3v) is 2.74. The quantitative estimate of drug-likeness (QED) is 0.773. The summed E-state index contributed by atoms with van der Waals surface area (Å²) in [5.41, 5.74) is 1.65. The molecule has 1 heterocycles. The number of carboxylic acid groups (broad SMARTS) is 1. The SMILES string of the molecule is O=C(O)N1CC=Cc2cccc(Br)c21. The van der Waals surface area contributed by atoms with Gasteiger partial charge in [-0.2, -0.15) is 0 Å². The fourth-order valence-electron chi connectivity index (χ4n) is 1.50. The van der Waals surface area contributed by atoms with E-state index in [4.69, 9.17) is 5.11 Å². The number of halogens is 1. The maximum atomic E-state index is 10.9. The molecule has 1 N–H and O–H groups in total. The van der Waals surface area contributed by atoms with E-state index in [1.54, 1.807) is 0 Å². The number of hydrogen-bond donors (Lipinski definition) is 1. The second-order valence-corrected chi connectivity index (χ2v) is 3.83. The average molecular weight is 254 g/mol. The van der Waals surface area contributed by atoms with Crippen molar-refractivity contribution in [2.75, 3.05) is 11.4 Å². The fourth-order valence-corrected chi connectivity index (χ4v) is 2.10. The molecule has 2 rings (SSSR count). The van der Waals surface area contributed by atoms with E-state index in [0.717, 1.165) is 15.7 Å². The summed E-state index contributed by atoms with van der Waals surface area (Å²) in [7, 11) is 0. The molecule has 3 nitrogen and oxygen atoms in total. The zero-order valence-electron chi connectivity index (χ0n) is 7.27. The largest absolute Gasteiger partial charge is 0.465 e. The number of anilines is 1. The standard InChI is InChI=1S/C10H8BrNO2/c11-8-5-1-3-7-4-2-6-12(9(7)8)10(13)14/h1-5H,6H2,(H,13,14). The van der Waals surface area contributed by atoms with Gasteiger partial charge in [-0.3, -0.25) is 4.90 Å². The molecule has 0 aliphatic carbocycles. The maximum Gasteiger partial charge on any atom is 0.412 e. The Morgan fingerprint density at radius 2 is 2.29 bits per heavy atom. The van der Waals surface area contributed by atoms with Crippen molar-refractivity contribution in [1.82, 2.24) is 0 Å². The second kappa shape index (κ2) is 3.46. The van der Waals surface area contributed by atoms with Crippen LogP contribution in [0.2, 0.25) is 0 Å². The van der Waals surface area contributed by atoms with Crippen LogP contribution in [0.1, 0.15) is 5.56 Å². The van der Waals surface area contributed by atoms with E-state index in [-0.39, 0.29) is 0 Å². The second-order valence-electron chi connectivity index (χ2n) is 2.97. The number of carbonyl (C=O) groups is 1. The Balaban J connectivity index is 2.58. The summed E-state index contributed by atoms with van der Waals surface area (Å²) >= 11 is 3.35. The van der Waals surface area contributed by atoms with E-state index >= 15 is 0 Å². The summed E-state index contributed by atoms with van der Waals surface area (Å²) in [5, 5.41) is 8.98. The van der Waals surface area contributed by atoms with Crippen LogP contribution < -0.4 is 4.90 Å². The molecule has 0 spiro atoms. The summed E-state index contributed by atoms with van der Waals surface area (Å²) in [6.45, 7) is 0.408. The summed E-state index contributed by atoms with van der Waals surface area (Å²) in [6, 6.07) is 5.62. The molecule has 1 aromatic carbocycles. The van der Waals surface area contributed by atoms with Crippen LogP contribution >= 0.6 is 15.9 Å². The first kappa shape index (κ1) is 9.27. The number of benzene rings is 1. The van der Waals surface area contributed by atoms with Crippen LogP contribution in [0.4, 0.5) is 10.5 Å². The van der Waals surface area contributed by atoms with Gasteiger partial charge in [-0.1, -0.05) is 24.3 Å². The molecule has 14 heavy (non-hydrogen) atoms. The van der Waals surface area contributed by atoms with Gasteiger partial charge in [-0.15, -0.1) is 0 Å². The highest BCUT2D eigenvalue weighted by atomic mass is 79.9. The topological polar surface area (TPSA) is 40.5 Å². The Morgan fingerprint density at radius 1 is 1.50 bits per heavy atom. The van der Waals surface area contributed by atoms with Gasteiger partial charge in [0.25, 0.3) is 0 Å². The van der Waals surface area contributed by atoms with E-state index < -0.39 is 6.09 Å². The van der Waals surface area contributed by atoms with Gasteiger partial charge in [0.05, 0.1) is 5.69 Å². The van der Waals surface area contributed by atoms with E-state index in [2.05, 4.69) is 15.9 Å². The lowest BCUT2D eigenvalue weighted by molar-refractivity contribution is 0.202. The minimum Gasteiger partial charge on any atom is -0.465 e. The van der Waals surface area contributed by atoms with Gasteiger partial charge in [0.2, 0.25) is 0 Å². The molecule has 1 aliphatic heterocycles. The Morgan fingerprint density at radius 3 is 3.00 bits per heavy atom. The molecule has 0 saturated carbocycles. The molecule has 1 amide bonds. The number of nitrogens with zero attached hydrogens (tertiary/aromatic N) is 1. The molecular formula is C10H8BrNO2. The molecule has 0 fully saturated rings. The molecule has 0 saturated heterocycles. The van der Waals surface area contributed by atoms with Crippen LogP contribution in [0.15, 0.2) is 28.7 Å². The van der Waals surface area contributed by atoms with Crippen LogP contribution in [0.5, 0.6) is 0 Å². The molecule has 72 valence electrons. The van der Waals surface area contributed by atoms with Gasteiger partial charge in [-0.25, -0.2) is 4.79 Å². The monoisotopic (exact) mass is 253 g/mol. The van der Waals surface area contributed by atoms with Gasteiger partial charge in [0.1, 0.15) is 0 Å². The number of rotatable bonds is 0. The normalized spacial score (nSPS) is 13.9.